The van der Waals surface area contributed by atoms with Crippen molar-refractivity contribution in [3.8, 4) is 0 Å². The van der Waals surface area contributed by atoms with E-state index in [1.165, 1.54) is 4.98 Å². The average Bonchev–Trinajstić information content (AvgIpc) is 2.68. The van der Waals surface area contributed by atoms with Crippen LogP contribution in [0.5, 0.6) is 0 Å². The zero-order valence-corrected chi connectivity index (χ0v) is 8.00. The number of nitrogens with one attached hydrogen (secondary N) is 1. The molecule has 0 atom stereocenters. The second kappa shape index (κ2) is 3.79. The zero-order chi connectivity index (χ0) is 14.4. The van der Waals surface area contributed by atoms with Crippen molar-refractivity contribution in [2.45, 2.75) is 23.9 Å². The summed E-state index contributed by atoms with van der Waals surface area (Å²) in [5, 5.41) is 0. The predicted octanol–water partition coefficient (Wildman–Crippen LogP) is 3.33. The van der Waals surface area contributed by atoms with Gasteiger partial charge >= 0.3 is 23.9 Å². The molecule has 0 aliphatic carbocycles. The first-order valence-corrected chi connectivity index (χ1v) is 4.04. The Hall–Kier alpha value is -1.42. The Balaban J connectivity index is 3.30. The standard InChI is InChI=1S/C7H3F9N2/c8-4(9,3-1-17-2-18-3)5(10,11)6(12,13)7(14,15)16/h1-2H,(H,17,18). The van der Waals surface area contributed by atoms with E-state index in [4.69, 9.17) is 0 Å². The molecule has 0 spiro atoms. The number of nitrogens with zero attached hydrogens (tertiary/aromatic N) is 1. The van der Waals surface area contributed by atoms with E-state index in [2.05, 4.69) is 4.98 Å². The lowest BCUT2D eigenvalue weighted by molar-refractivity contribution is -0.400. The third-order valence-electron chi connectivity index (χ3n) is 1.98. The van der Waals surface area contributed by atoms with Crippen molar-refractivity contribution >= 4 is 0 Å². The van der Waals surface area contributed by atoms with Crippen LogP contribution in [-0.2, 0) is 5.92 Å². The van der Waals surface area contributed by atoms with Crippen LogP contribution >= 0.6 is 0 Å². The summed E-state index contributed by atoms with van der Waals surface area (Å²) in [4.78, 5) is 4.22. The molecule has 1 heterocycles. The minimum atomic E-state index is -6.89. The second-order valence-electron chi connectivity index (χ2n) is 3.19. The Morgan fingerprint density at radius 3 is 1.67 bits per heavy atom. The molecule has 0 aromatic carbocycles. The fraction of sp³-hybridized carbons (Fsp3) is 0.571. The number of H-pyrrole nitrogens is 1. The molecule has 11 heteroatoms. The Bertz CT molecular complexity index is 405. The lowest BCUT2D eigenvalue weighted by atomic mass is 10.0. The molecule has 0 saturated carbocycles. The van der Waals surface area contributed by atoms with Crippen molar-refractivity contribution in [1.29, 1.82) is 0 Å². The van der Waals surface area contributed by atoms with Crippen LogP contribution in [0.4, 0.5) is 39.5 Å². The van der Waals surface area contributed by atoms with Gasteiger partial charge in [0.2, 0.25) is 0 Å². The molecule has 1 aromatic rings. The molecule has 0 aliphatic rings. The van der Waals surface area contributed by atoms with Gasteiger partial charge in [-0.2, -0.15) is 39.5 Å². The molecular formula is C7H3F9N2. The van der Waals surface area contributed by atoms with Crippen molar-refractivity contribution in [3.63, 3.8) is 0 Å². The minimum Gasteiger partial charge on any atom is -0.343 e. The Morgan fingerprint density at radius 1 is 0.833 bits per heavy atom. The highest BCUT2D eigenvalue weighted by atomic mass is 19.4. The third kappa shape index (κ3) is 1.81. The van der Waals surface area contributed by atoms with Gasteiger partial charge in [0.05, 0.1) is 12.5 Å². The number of rotatable bonds is 3. The number of aromatic amines is 1. The van der Waals surface area contributed by atoms with E-state index >= 15 is 0 Å². The van der Waals surface area contributed by atoms with E-state index < -0.39 is 29.6 Å². The fourth-order valence-corrected chi connectivity index (χ4v) is 0.972. The van der Waals surface area contributed by atoms with Crippen LogP contribution in [0.25, 0.3) is 0 Å². The smallest absolute Gasteiger partial charge is 0.343 e. The fourth-order valence-electron chi connectivity index (χ4n) is 0.972. The number of halogens is 9. The number of hydrogen-bond acceptors (Lipinski definition) is 1. The number of hydrogen-bond donors (Lipinski definition) is 1. The molecule has 0 aliphatic heterocycles. The molecule has 2 nitrogen and oxygen atoms in total. The second-order valence-corrected chi connectivity index (χ2v) is 3.19. The van der Waals surface area contributed by atoms with Crippen molar-refractivity contribution in [3.05, 3.63) is 18.2 Å². The summed E-state index contributed by atoms with van der Waals surface area (Å²) in [6.07, 6.45) is -6.36. The van der Waals surface area contributed by atoms with Crippen LogP contribution in [0.1, 0.15) is 5.69 Å². The summed E-state index contributed by atoms with van der Waals surface area (Å²) in [7, 11) is 0. The first-order valence-electron chi connectivity index (χ1n) is 4.04. The molecule has 0 unspecified atom stereocenters. The molecule has 0 radical (unpaired) electrons. The number of aromatic nitrogens is 2. The largest absolute Gasteiger partial charge is 0.460 e. The topological polar surface area (TPSA) is 28.7 Å². The van der Waals surface area contributed by atoms with Crippen LogP contribution in [-0.4, -0.2) is 28.0 Å². The van der Waals surface area contributed by atoms with E-state index in [-0.39, 0.29) is 6.20 Å². The summed E-state index contributed by atoms with van der Waals surface area (Å²) in [6.45, 7) is 0. The summed E-state index contributed by atoms with van der Waals surface area (Å²) in [5.74, 6) is -19.3. The number of imidazole rings is 1. The molecule has 0 bridgehead atoms. The Labute approximate surface area is 92.8 Å². The number of alkyl halides is 9. The van der Waals surface area contributed by atoms with Gasteiger partial charge < -0.3 is 4.98 Å². The van der Waals surface area contributed by atoms with Crippen molar-refractivity contribution < 1.29 is 39.5 Å². The summed E-state index contributed by atoms with van der Waals surface area (Å²) >= 11 is 0. The van der Waals surface area contributed by atoms with Gasteiger partial charge in [-0.15, -0.1) is 0 Å². The highest BCUT2D eigenvalue weighted by Crippen LogP contribution is 2.56. The van der Waals surface area contributed by atoms with E-state index in [9.17, 15) is 39.5 Å². The maximum absolute atomic E-state index is 13.0. The van der Waals surface area contributed by atoms with Gasteiger partial charge in [-0.05, 0) is 0 Å². The maximum Gasteiger partial charge on any atom is 0.460 e. The maximum atomic E-state index is 13.0. The lowest BCUT2D eigenvalue weighted by Crippen LogP contribution is -2.59. The summed E-state index contributed by atoms with van der Waals surface area (Å²) in [5.41, 5.74) is -1.85. The van der Waals surface area contributed by atoms with E-state index in [0.29, 0.717) is 6.33 Å². The lowest BCUT2D eigenvalue weighted by Gasteiger charge is -2.32. The first-order chi connectivity index (χ1) is 7.86. The molecule has 1 rings (SSSR count). The van der Waals surface area contributed by atoms with Gasteiger partial charge in [-0.3, -0.25) is 0 Å². The van der Waals surface area contributed by atoms with Gasteiger partial charge in [0, 0.05) is 0 Å². The molecule has 1 N–H and O–H groups in total. The average molecular weight is 286 g/mol. The first kappa shape index (κ1) is 14.6. The zero-order valence-electron chi connectivity index (χ0n) is 8.00. The predicted molar refractivity (Wildman–Crippen MR) is 38.4 cm³/mol. The molecule has 18 heavy (non-hydrogen) atoms. The SMILES string of the molecule is FC(F)(F)C(F)(F)C(F)(F)C(F)(F)c1cnc[nH]1. The van der Waals surface area contributed by atoms with E-state index in [1.54, 1.807) is 0 Å². The molecular weight excluding hydrogens is 283 g/mol. The summed E-state index contributed by atoms with van der Waals surface area (Å²) < 4.78 is 111. The van der Waals surface area contributed by atoms with Crippen LogP contribution in [0.2, 0.25) is 0 Å². The molecule has 1 aromatic heterocycles. The van der Waals surface area contributed by atoms with Gasteiger partial charge in [-0.25, -0.2) is 4.98 Å². The highest BCUT2D eigenvalue weighted by molar-refractivity contribution is 5.13. The van der Waals surface area contributed by atoms with Crippen LogP contribution in [0.3, 0.4) is 0 Å². The molecule has 0 amide bonds. The van der Waals surface area contributed by atoms with Gasteiger partial charge in [-0.1, -0.05) is 0 Å². The van der Waals surface area contributed by atoms with Gasteiger partial charge in [0.1, 0.15) is 5.69 Å². The van der Waals surface area contributed by atoms with Crippen molar-refractivity contribution in [2.24, 2.45) is 0 Å². The monoisotopic (exact) mass is 286 g/mol. The molecule has 0 saturated heterocycles. The van der Waals surface area contributed by atoms with Gasteiger partial charge in [0.15, 0.2) is 0 Å². The van der Waals surface area contributed by atoms with E-state index in [1.807, 2.05) is 0 Å². The quantitative estimate of drug-likeness (QED) is 0.848. The molecule has 0 fully saturated rings. The highest BCUT2D eigenvalue weighted by Gasteiger charge is 2.82. The van der Waals surface area contributed by atoms with Crippen LogP contribution < -0.4 is 0 Å². The van der Waals surface area contributed by atoms with Crippen LogP contribution in [0.15, 0.2) is 12.5 Å². The normalized spacial score (nSPS) is 14.9. The van der Waals surface area contributed by atoms with Gasteiger partial charge in [0.25, 0.3) is 0 Å². The third-order valence-corrected chi connectivity index (χ3v) is 1.98. The van der Waals surface area contributed by atoms with Crippen molar-refractivity contribution in [2.75, 3.05) is 0 Å². The van der Waals surface area contributed by atoms with Crippen molar-refractivity contribution in [1.82, 2.24) is 9.97 Å². The summed E-state index contributed by atoms with van der Waals surface area (Å²) in [6, 6.07) is 0. The van der Waals surface area contributed by atoms with Crippen LogP contribution in [0, 0.1) is 0 Å². The van der Waals surface area contributed by atoms with E-state index in [0.717, 1.165) is 0 Å². The Kier molecular flexibility index (Phi) is 3.08. The molecule has 104 valence electrons. The Morgan fingerprint density at radius 2 is 1.33 bits per heavy atom. The minimum absolute atomic E-state index is 0.0281.